The van der Waals surface area contributed by atoms with Gasteiger partial charge in [0.2, 0.25) is 5.91 Å². The molecule has 196 valence electrons. The summed E-state index contributed by atoms with van der Waals surface area (Å²) in [5.41, 5.74) is 0.546. The number of aryl methyl sites for hydroxylation is 1. The van der Waals surface area contributed by atoms with Crippen molar-refractivity contribution >= 4 is 40.0 Å². The number of benzene rings is 1. The van der Waals surface area contributed by atoms with Gasteiger partial charge in [0, 0.05) is 11.4 Å². The van der Waals surface area contributed by atoms with E-state index in [4.69, 9.17) is 9.47 Å². The second kappa shape index (κ2) is 11.4. The molecular formula is C24H23F3N4O4S2. The number of esters is 1. The quantitative estimate of drug-likeness (QED) is 0.212. The number of methoxy groups -OCH3 is 1. The Kier molecular flexibility index (Phi) is 8.22. The number of carbonyl (C=O) groups is 2. The van der Waals surface area contributed by atoms with E-state index >= 15 is 0 Å². The van der Waals surface area contributed by atoms with Crippen LogP contribution in [0.5, 0.6) is 5.75 Å². The number of ether oxygens (including phenoxy) is 2. The van der Waals surface area contributed by atoms with Crippen LogP contribution < -0.4 is 10.1 Å². The minimum atomic E-state index is -4.48. The number of fused-ring (bicyclic) bond motifs is 1. The fourth-order valence-electron chi connectivity index (χ4n) is 3.86. The maximum atomic E-state index is 13.0. The smallest absolute Gasteiger partial charge is 0.416 e. The van der Waals surface area contributed by atoms with Crippen molar-refractivity contribution in [2.75, 3.05) is 18.2 Å². The van der Waals surface area contributed by atoms with Crippen LogP contribution in [0.15, 0.2) is 42.1 Å². The highest BCUT2D eigenvalue weighted by Gasteiger charge is 2.31. The molecule has 0 bridgehead atoms. The molecule has 0 saturated heterocycles. The highest BCUT2D eigenvalue weighted by Crippen LogP contribution is 2.39. The maximum Gasteiger partial charge on any atom is 0.416 e. The molecular weight excluding hydrogens is 529 g/mol. The van der Waals surface area contributed by atoms with Crippen molar-refractivity contribution in [2.24, 2.45) is 0 Å². The maximum absolute atomic E-state index is 13.0. The van der Waals surface area contributed by atoms with E-state index in [0.29, 0.717) is 28.1 Å². The van der Waals surface area contributed by atoms with Gasteiger partial charge >= 0.3 is 12.1 Å². The van der Waals surface area contributed by atoms with Gasteiger partial charge in [-0.05, 0) is 43.0 Å². The first kappa shape index (κ1) is 26.7. The van der Waals surface area contributed by atoms with Gasteiger partial charge in [0.1, 0.15) is 17.4 Å². The summed E-state index contributed by atoms with van der Waals surface area (Å²) < 4.78 is 51.0. The molecule has 13 heteroatoms. The van der Waals surface area contributed by atoms with Gasteiger partial charge in [0.15, 0.2) is 11.0 Å². The van der Waals surface area contributed by atoms with Gasteiger partial charge in [0.25, 0.3) is 0 Å². The number of hydrogen-bond donors (Lipinski definition) is 1. The fourth-order valence-corrected chi connectivity index (χ4v) is 5.92. The second-order valence-corrected chi connectivity index (χ2v) is 10.0. The topological polar surface area (TPSA) is 95.3 Å². The Balaban J connectivity index is 1.41. The molecule has 0 fully saturated rings. The third kappa shape index (κ3) is 6.16. The molecule has 0 spiro atoms. The molecule has 3 aromatic rings. The Morgan fingerprint density at radius 3 is 2.84 bits per heavy atom. The van der Waals surface area contributed by atoms with Crippen LogP contribution in [0, 0.1) is 0 Å². The zero-order chi connectivity index (χ0) is 26.6. The van der Waals surface area contributed by atoms with E-state index in [0.717, 1.165) is 53.6 Å². The summed E-state index contributed by atoms with van der Waals surface area (Å²) in [4.78, 5) is 26.1. The number of hydrogen-bond acceptors (Lipinski definition) is 8. The van der Waals surface area contributed by atoms with Crippen molar-refractivity contribution in [3.8, 4) is 5.75 Å². The summed E-state index contributed by atoms with van der Waals surface area (Å²) in [6, 6.07) is 4.56. The van der Waals surface area contributed by atoms with Gasteiger partial charge in [-0.15, -0.1) is 28.1 Å². The minimum absolute atomic E-state index is 0.00700. The molecule has 1 amide bonds. The number of rotatable bonds is 10. The molecule has 1 aromatic carbocycles. The predicted octanol–water partition coefficient (Wildman–Crippen LogP) is 5.13. The molecule has 2 aromatic heterocycles. The average Bonchev–Trinajstić information content (AvgIpc) is 3.56. The minimum Gasteiger partial charge on any atom is -0.486 e. The van der Waals surface area contributed by atoms with Gasteiger partial charge in [-0.1, -0.05) is 23.9 Å². The molecule has 1 aliphatic carbocycles. The van der Waals surface area contributed by atoms with Crippen molar-refractivity contribution in [3.63, 3.8) is 0 Å². The van der Waals surface area contributed by atoms with Crippen molar-refractivity contribution in [2.45, 2.75) is 43.7 Å². The van der Waals surface area contributed by atoms with E-state index in [9.17, 15) is 22.8 Å². The Morgan fingerprint density at radius 2 is 2.11 bits per heavy atom. The van der Waals surface area contributed by atoms with Crippen molar-refractivity contribution in [1.29, 1.82) is 0 Å². The lowest BCUT2D eigenvalue weighted by Crippen LogP contribution is -2.17. The Bertz CT molecular complexity index is 1320. The number of halogens is 3. The van der Waals surface area contributed by atoms with E-state index < -0.39 is 17.7 Å². The zero-order valence-electron chi connectivity index (χ0n) is 19.8. The summed E-state index contributed by atoms with van der Waals surface area (Å²) in [6.45, 7) is 3.89. The van der Waals surface area contributed by atoms with Crippen molar-refractivity contribution < 1.29 is 32.2 Å². The number of thiophene rings is 1. The van der Waals surface area contributed by atoms with Crippen molar-refractivity contribution in [3.05, 3.63) is 64.3 Å². The number of allylic oxidation sites excluding steroid dienone is 1. The molecule has 1 aliphatic rings. The van der Waals surface area contributed by atoms with E-state index in [2.05, 4.69) is 22.1 Å². The van der Waals surface area contributed by atoms with Crippen LogP contribution in [0.4, 0.5) is 18.2 Å². The molecule has 0 saturated carbocycles. The van der Waals surface area contributed by atoms with Crippen LogP contribution >= 0.6 is 23.1 Å². The van der Waals surface area contributed by atoms with Gasteiger partial charge in [0.05, 0.1) is 24.0 Å². The fraction of sp³-hybridized carbons (Fsp3) is 0.333. The molecule has 8 nitrogen and oxygen atoms in total. The summed E-state index contributed by atoms with van der Waals surface area (Å²) in [5, 5.41) is 11.9. The lowest BCUT2D eigenvalue weighted by molar-refractivity contribution is -0.137. The van der Waals surface area contributed by atoms with Crippen LogP contribution in [-0.4, -0.2) is 39.5 Å². The number of aromatic nitrogens is 3. The number of anilines is 1. The predicted molar refractivity (Wildman–Crippen MR) is 133 cm³/mol. The summed E-state index contributed by atoms with van der Waals surface area (Å²) in [6.07, 6.45) is -0.264. The van der Waals surface area contributed by atoms with Crippen LogP contribution in [0.1, 0.15) is 38.6 Å². The van der Waals surface area contributed by atoms with Crippen LogP contribution in [0.25, 0.3) is 0 Å². The lowest BCUT2D eigenvalue weighted by atomic mass is 10.1. The molecule has 4 rings (SSSR count). The first-order valence-corrected chi connectivity index (χ1v) is 13.0. The SMILES string of the molecule is C=CCn1c(COc2cccc(C(F)(F)F)c2)nnc1SCC(=O)Nc1sc2c(c1C(=O)OC)CCC2. The lowest BCUT2D eigenvalue weighted by Gasteiger charge is -2.11. The van der Waals surface area contributed by atoms with E-state index in [-0.39, 0.29) is 24.0 Å². The standard InChI is InChI=1S/C24H23F3N4O4S2/c1-3-10-31-18(12-35-15-7-4-6-14(11-15)24(25,26)27)29-30-23(31)36-13-19(32)28-21-20(22(33)34-2)16-8-5-9-17(16)37-21/h3-4,6-7,11H,1,5,8-10,12-13H2,2H3,(H,28,32). The van der Waals surface area contributed by atoms with Crippen LogP contribution in [0.2, 0.25) is 0 Å². The molecule has 0 aliphatic heterocycles. The molecule has 1 N–H and O–H groups in total. The van der Waals surface area contributed by atoms with Gasteiger partial charge in [-0.2, -0.15) is 13.2 Å². The van der Waals surface area contributed by atoms with Crippen molar-refractivity contribution in [1.82, 2.24) is 14.8 Å². The molecule has 2 heterocycles. The van der Waals surface area contributed by atoms with Gasteiger partial charge in [-0.3, -0.25) is 9.36 Å². The summed E-state index contributed by atoms with van der Waals surface area (Å²) >= 11 is 2.52. The number of thioether (sulfide) groups is 1. The average molecular weight is 553 g/mol. The summed E-state index contributed by atoms with van der Waals surface area (Å²) in [5.74, 6) is -0.403. The number of amides is 1. The Hall–Kier alpha value is -3.32. The van der Waals surface area contributed by atoms with Gasteiger partial charge in [-0.25, -0.2) is 4.79 Å². The molecule has 0 unspecified atom stereocenters. The van der Waals surface area contributed by atoms with E-state index in [1.807, 2.05) is 0 Å². The zero-order valence-corrected chi connectivity index (χ0v) is 21.4. The highest BCUT2D eigenvalue weighted by molar-refractivity contribution is 7.99. The van der Waals surface area contributed by atoms with E-state index in [1.165, 1.54) is 30.6 Å². The Labute approximate surface area is 218 Å². The second-order valence-electron chi connectivity index (χ2n) is 8.00. The molecule has 37 heavy (non-hydrogen) atoms. The van der Waals surface area contributed by atoms with E-state index in [1.54, 1.807) is 10.6 Å². The largest absolute Gasteiger partial charge is 0.486 e. The normalized spacial score (nSPS) is 12.8. The third-order valence-electron chi connectivity index (χ3n) is 5.53. The monoisotopic (exact) mass is 552 g/mol. The third-order valence-corrected chi connectivity index (χ3v) is 7.70. The van der Waals surface area contributed by atoms with Crippen LogP contribution in [-0.2, 0) is 41.7 Å². The first-order chi connectivity index (χ1) is 17.7. The number of carbonyl (C=O) groups excluding carboxylic acids is 2. The number of nitrogens with zero attached hydrogens (tertiary/aromatic N) is 3. The highest BCUT2D eigenvalue weighted by atomic mass is 32.2. The Morgan fingerprint density at radius 1 is 1.30 bits per heavy atom. The van der Waals surface area contributed by atoms with Crippen LogP contribution in [0.3, 0.4) is 0 Å². The first-order valence-electron chi connectivity index (χ1n) is 11.2. The van der Waals surface area contributed by atoms with Gasteiger partial charge < -0.3 is 14.8 Å². The number of nitrogens with one attached hydrogen (secondary N) is 1. The summed E-state index contributed by atoms with van der Waals surface area (Å²) in [7, 11) is 1.31. The molecule has 0 atom stereocenters. The number of alkyl halides is 3. The molecule has 0 radical (unpaired) electrons.